The van der Waals surface area contributed by atoms with E-state index in [9.17, 15) is 5.11 Å². The van der Waals surface area contributed by atoms with Gasteiger partial charge in [-0.1, -0.05) is 32.3 Å². The van der Waals surface area contributed by atoms with Crippen LogP contribution in [-0.2, 0) is 11.2 Å². The van der Waals surface area contributed by atoms with Crippen molar-refractivity contribution in [1.29, 1.82) is 0 Å². The van der Waals surface area contributed by atoms with Crippen LogP contribution in [0.2, 0.25) is 0 Å². The van der Waals surface area contributed by atoms with Gasteiger partial charge in [-0.3, -0.25) is 0 Å². The van der Waals surface area contributed by atoms with Crippen LogP contribution in [0.15, 0.2) is 4.52 Å². The van der Waals surface area contributed by atoms with Crippen LogP contribution in [0.4, 0.5) is 0 Å². The van der Waals surface area contributed by atoms with Gasteiger partial charge in [0.1, 0.15) is 6.10 Å². The number of nitrogens with zero attached hydrogens (tertiary/aromatic N) is 2. The Morgan fingerprint density at radius 2 is 2.06 bits per heavy atom. The highest BCUT2D eigenvalue weighted by molar-refractivity contribution is 4.93. The first-order chi connectivity index (χ1) is 8.58. The summed E-state index contributed by atoms with van der Waals surface area (Å²) in [6.45, 7) is 8.71. The summed E-state index contributed by atoms with van der Waals surface area (Å²) in [6, 6.07) is 0. The number of aliphatic hydroxyl groups is 1. The Hall–Kier alpha value is -0.940. The largest absolute Gasteiger partial charge is 0.393 e. The third-order valence-electron chi connectivity index (χ3n) is 2.72. The summed E-state index contributed by atoms with van der Waals surface area (Å²) in [5.74, 6) is 1.35. The SMILES string of the molecule is CCCC(O)Cc1nc(C(OCC)C(C)C)no1. The molecule has 0 aliphatic heterocycles. The van der Waals surface area contributed by atoms with Gasteiger partial charge in [-0.2, -0.15) is 4.98 Å². The molecule has 1 heterocycles. The van der Waals surface area contributed by atoms with Gasteiger partial charge in [0.2, 0.25) is 11.7 Å². The van der Waals surface area contributed by atoms with Crippen molar-refractivity contribution in [2.45, 2.75) is 59.2 Å². The molecule has 104 valence electrons. The quantitative estimate of drug-likeness (QED) is 0.774. The van der Waals surface area contributed by atoms with Crippen molar-refractivity contribution in [3.05, 3.63) is 11.7 Å². The molecule has 2 unspecified atom stereocenters. The second-order valence-corrected chi connectivity index (χ2v) is 4.81. The van der Waals surface area contributed by atoms with Gasteiger partial charge in [0.25, 0.3) is 0 Å². The first kappa shape index (κ1) is 15.1. The number of aromatic nitrogens is 2. The molecule has 0 bridgehead atoms. The Morgan fingerprint density at radius 3 is 2.61 bits per heavy atom. The fraction of sp³-hybridized carbons (Fsp3) is 0.846. The van der Waals surface area contributed by atoms with Crippen LogP contribution in [0.1, 0.15) is 58.4 Å². The minimum absolute atomic E-state index is 0.143. The van der Waals surface area contributed by atoms with Gasteiger partial charge in [-0.05, 0) is 19.3 Å². The van der Waals surface area contributed by atoms with Crippen LogP contribution in [-0.4, -0.2) is 28.0 Å². The average molecular weight is 256 g/mol. The third kappa shape index (κ3) is 4.38. The molecule has 1 aromatic rings. The van der Waals surface area contributed by atoms with Gasteiger partial charge in [0.15, 0.2) is 0 Å². The van der Waals surface area contributed by atoms with E-state index in [4.69, 9.17) is 9.26 Å². The predicted octanol–water partition coefficient (Wildman–Crippen LogP) is 2.51. The molecule has 5 heteroatoms. The lowest BCUT2D eigenvalue weighted by molar-refractivity contribution is 0.0217. The van der Waals surface area contributed by atoms with E-state index in [-0.39, 0.29) is 12.0 Å². The van der Waals surface area contributed by atoms with Crippen molar-refractivity contribution in [1.82, 2.24) is 10.1 Å². The Balaban J connectivity index is 2.65. The molecule has 0 spiro atoms. The fourth-order valence-electron chi connectivity index (χ4n) is 1.85. The molecule has 0 amide bonds. The van der Waals surface area contributed by atoms with E-state index in [1.165, 1.54) is 0 Å². The summed E-state index contributed by atoms with van der Waals surface area (Å²) in [7, 11) is 0. The number of aliphatic hydroxyl groups excluding tert-OH is 1. The second-order valence-electron chi connectivity index (χ2n) is 4.81. The van der Waals surface area contributed by atoms with Crippen LogP contribution in [0.5, 0.6) is 0 Å². The molecule has 0 aliphatic carbocycles. The highest BCUT2D eigenvalue weighted by Gasteiger charge is 2.22. The van der Waals surface area contributed by atoms with E-state index in [1.807, 2.05) is 13.8 Å². The molecule has 0 aliphatic rings. The summed E-state index contributed by atoms with van der Waals surface area (Å²) in [5.41, 5.74) is 0. The van der Waals surface area contributed by atoms with Gasteiger partial charge in [0.05, 0.1) is 12.5 Å². The summed E-state index contributed by atoms with van der Waals surface area (Å²) < 4.78 is 10.8. The molecule has 0 saturated carbocycles. The van der Waals surface area contributed by atoms with Gasteiger partial charge in [-0.15, -0.1) is 0 Å². The number of hydrogen-bond donors (Lipinski definition) is 1. The van der Waals surface area contributed by atoms with Crippen molar-refractivity contribution < 1.29 is 14.4 Å². The standard InChI is InChI=1S/C13H24N2O3/c1-5-7-10(16)8-11-14-13(15-18-11)12(9(3)4)17-6-2/h9-10,12,16H,5-8H2,1-4H3. The second kappa shape index (κ2) is 7.48. The summed E-state index contributed by atoms with van der Waals surface area (Å²) in [5, 5.41) is 13.7. The van der Waals surface area contributed by atoms with Crippen LogP contribution < -0.4 is 0 Å². The van der Waals surface area contributed by atoms with Crippen molar-refractivity contribution in [3.8, 4) is 0 Å². The molecule has 1 aromatic heterocycles. The maximum atomic E-state index is 9.70. The fourth-order valence-corrected chi connectivity index (χ4v) is 1.85. The van der Waals surface area contributed by atoms with E-state index in [1.54, 1.807) is 0 Å². The van der Waals surface area contributed by atoms with Crippen molar-refractivity contribution >= 4 is 0 Å². The minimum atomic E-state index is -0.409. The Bertz CT molecular complexity index is 339. The van der Waals surface area contributed by atoms with Gasteiger partial charge in [0, 0.05) is 6.61 Å². The number of hydrogen-bond acceptors (Lipinski definition) is 5. The Kier molecular flexibility index (Phi) is 6.29. The highest BCUT2D eigenvalue weighted by Crippen LogP contribution is 2.23. The maximum Gasteiger partial charge on any atom is 0.229 e. The molecule has 2 atom stereocenters. The smallest absolute Gasteiger partial charge is 0.229 e. The minimum Gasteiger partial charge on any atom is -0.393 e. The highest BCUT2D eigenvalue weighted by atomic mass is 16.5. The molecule has 18 heavy (non-hydrogen) atoms. The average Bonchev–Trinajstić information content (AvgIpc) is 2.73. The number of rotatable bonds is 8. The van der Waals surface area contributed by atoms with Crippen LogP contribution in [0.25, 0.3) is 0 Å². The van der Waals surface area contributed by atoms with Crippen molar-refractivity contribution in [2.75, 3.05) is 6.61 Å². The molecule has 1 rings (SSSR count). The van der Waals surface area contributed by atoms with Gasteiger partial charge < -0.3 is 14.4 Å². The van der Waals surface area contributed by atoms with E-state index >= 15 is 0 Å². The molecular formula is C13H24N2O3. The van der Waals surface area contributed by atoms with E-state index in [0.717, 1.165) is 12.8 Å². The monoisotopic (exact) mass is 256 g/mol. The first-order valence-corrected chi connectivity index (χ1v) is 6.70. The molecule has 1 N–H and O–H groups in total. The summed E-state index contributed by atoms with van der Waals surface area (Å²) in [6.07, 6.45) is 1.55. The maximum absolute atomic E-state index is 9.70. The predicted molar refractivity (Wildman–Crippen MR) is 68.1 cm³/mol. The van der Waals surface area contributed by atoms with Crippen molar-refractivity contribution in [3.63, 3.8) is 0 Å². The zero-order chi connectivity index (χ0) is 13.5. The summed E-state index contributed by atoms with van der Waals surface area (Å²) >= 11 is 0. The molecule has 5 nitrogen and oxygen atoms in total. The van der Waals surface area contributed by atoms with Crippen LogP contribution in [0, 0.1) is 5.92 Å². The molecule has 0 saturated heterocycles. The zero-order valence-corrected chi connectivity index (χ0v) is 11.7. The van der Waals surface area contributed by atoms with Gasteiger partial charge in [-0.25, -0.2) is 0 Å². The lowest BCUT2D eigenvalue weighted by atomic mass is 10.1. The lowest BCUT2D eigenvalue weighted by Gasteiger charge is -2.16. The molecule has 0 fully saturated rings. The normalized spacial score (nSPS) is 15.0. The molecule has 0 aromatic carbocycles. The summed E-state index contributed by atoms with van der Waals surface area (Å²) in [4.78, 5) is 4.31. The van der Waals surface area contributed by atoms with Crippen LogP contribution in [0.3, 0.4) is 0 Å². The Labute approximate surface area is 109 Å². The van der Waals surface area contributed by atoms with E-state index < -0.39 is 6.10 Å². The van der Waals surface area contributed by atoms with Crippen molar-refractivity contribution in [2.24, 2.45) is 5.92 Å². The lowest BCUT2D eigenvalue weighted by Crippen LogP contribution is -2.13. The third-order valence-corrected chi connectivity index (χ3v) is 2.72. The van der Waals surface area contributed by atoms with E-state index in [2.05, 4.69) is 24.0 Å². The van der Waals surface area contributed by atoms with E-state index in [0.29, 0.717) is 24.7 Å². The number of ether oxygens (including phenoxy) is 1. The molecular weight excluding hydrogens is 232 g/mol. The molecule has 0 radical (unpaired) electrons. The Morgan fingerprint density at radius 1 is 1.33 bits per heavy atom. The zero-order valence-electron chi connectivity index (χ0n) is 11.7. The topological polar surface area (TPSA) is 68.4 Å². The van der Waals surface area contributed by atoms with Gasteiger partial charge >= 0.3 is 0 Å². The first-order valence-electron chi connectivity index (χ1n) is 6.70. The van der Waals surface area contributed by atoms with Crippen LogP contribution >= 0.6 is 0 Å².